The van der Waals surface area contributed by atoms with Gasteiger partial charge in [-0.25, -0.2) is 13.9 Å². The predicted molar refractivity (Wildman–Crippen MR) is 111 cm³/mol. The molecule has 0 radical (unpaired) electrons. The number of carbonyl (C=O) groups excluding carboxylic acids is 3. The first-order valence-corrected chi connectivity index (χ1v) is 9.84. The minimum Gasteiger partial charge on any atom is -0.471 e. The number of nitrogens with zero attached hydrogens (tertiary/aromatic N) is 2. The van der Waals surface area contributed by atoms with Crippen LogP contribution in [0.15, 0.2) is 30.5 Å². The fourth-order valence-corrected chi connectivity index (χ4v) is 3.83. The molecule has 2 heterocycles. The van der Waals surface area contributed by atoms with Crippen LogP contribution in [-0.2, 0) is 11.5 Å². The van der Waals surface area contributed by atoms with Crippen molar-refractivity contribution < 1.29 is 28.2 Å². The van der Waals surface area contributed by atoms with Crippen molar-refractivity contribution in [2.24, 2.45) is 5.73 Å². The van der Waals surface area contributed by atoms with Crippen molar-refractivity contribution in [2.75, 3.05) is 12.4 Å². The van der Waals surface area contributed by atoms with Gasteiger partial charge in [-0.15, -0.1) is 11.3 Å². The van der Waals surface area contributed by atoms with Crippen LogP contribution >= 0.6 is 22.9 Å². The molecule has 2 amide bonds. The predicted octanol–water partition coefficient (Wildman–Crippen LogP) is 3.22. The van der Waals surface area contributed by atoms with Crippen LogP contribution in [0.5, 0.6) is 5.75 Å². The number of esters is 1. The molecule has 0 saturated heterocycles. The molecule has 31 heavy (non-hydrogen) atoms. The van der Waals surface area contributed by atoms with Crippen LogP contribution in [0, 0.1) is 12.7 Å². The number of aromatic nitrogens is 2. The lowest BCUT2D eigenvalue weighted by Gasteiger charge is -2.07. The molecule has 0 atom stereocenters. The van der Waals surface area contributed by atoms with Gasteiger partial charge in [-0.05, 0) is 30.7 Å². The summed E-state index contributed by atoms with van der Waals surface area (Å²) in [6.07, 6.45) is 1.50. The Morgan fingerprint density at radius 1 is 1.32 bits per heavy atom. The number of anilines is 1. The molecule has 0 spiro atoms. The number of ether oxygens (including phenoxy) is 2. The number of benzene rings is 1. The van der Waals surface area contributed by atoms with Crippen LogP contribution in [0.2, 0.25) is 5.02 Å². The molecule has 0 bridgehead atoms. The van der Waals surface area contributed by atoms with E-state index in [1.165, 1.54) is 49.2 Å². The third-order valence-electron chi connectivity index (χ3n) is 4.12. The zero-order chi connectivity index (χ0) is 22.7. The van der Waals surface area contributed by atoms with Crippen molar-refractivity contribution >= 4 is 45.7 Å². The van der Waals surface area contributed by atoms with Crippen molar-refractivity contribution in [1.29, 1.82) is 0 Å². The highest BCUT2D eigenvalue weighted by Gasteiger charge is 2.26. The van der Waals surface area contributed by atoms with Gasteiger partial charge in [0.15, 0.2) is 12.4 Å². The number of halogens is 2. The van der Waals surface area contributed by atoms with E-state index < -0.39 is 23.6 Å². The van der Waals surface area contributed by atoms with Gasteiger partial charge in [0.25, 0.3) is 11.8 Å². The summed E-state index contributed by atoms with van der Waals surface area (Å²) >= 11 is 6.57. The molecule has 0 aliphatic rings. The number of thiophene rings is 1. The molecule has 9 nitrogen and oxygen atoms in total. The quantitative estimate of drug-likeness (QED) is 0.515. The second-order valence-corrected chi connectivity index (χ2v) is 7.59. The molecular weight excluding hydrogens is 451 g/mol. The van der Waals surface area contributed by atoms with Gasteiger partial charge >= 0.3 is 5.97 Å². The van der Waals surface area contributed by atoms with Gasteiger partial charge in [0.1, 0.15) is 16.6 Å². The van der Waals surface area contributed by atoms with Crippen molar-refractivity contribution in [2.45, 2.75) is 13.7 Å². The monoisotopic (exact) mass is 466 g/mol. The fraction of sp³-hybridized carbons (Fsp3) is 0.158. The number of nitrogens with two attached hydrogens (primary N) is 1. The maximum Gasteiger partial charge on any atom is 0.341 e. The van der Waals surface area contributed by atoms with Gasteiger partial charge in [0.2, 0.25) is 0 Å². The third kappa shape index (κ3) is 4.84. The summed E-state index contributed by atoms with van der Waals surface area (Å²) in [5.74, 6) is -2.31. The van der Waals surface area contributed by atoms with E-state index in [0.717, 1.165) is 11.3 Å². The van der Waals surface area contributed by atoms with E-state index in [4.69, 9.17) is 26.8 Å². The van der Waals surface area contributed by atoms with Crippen LogP contribution in [-0.4, -0.2) is 34.7 Å². The molecule has 3 N–H and O–H groups in total. The molecular formula is C19H16ClFN4O5S. The Labute approximate surface area is 184 Å². The lowest BCUT2D eigenvalue weighted by atomic mass is 10.1. The van der Waals surface area contributed by atoms with Gasteiger partial charge in [-0.1, -0.05) is 11.6 Å². The maximum atomic E-state index is 13.2. The first-order chi connectivity index (χ1) is 14.7. The summed E-state index contributed by atoms with van der Waals surface area (Å²) < 4.78 is 24.7. The van der Waals surface area contributed by atoms with Crippen molar-refractivity contribution in [3.63, 3.8) is 0 Å². The number of hydrogen-bond donors (Lipinski definition) is 2. The normalized spacial score (nSPS) is 10.6. The van der Waals surface area contributed by atoms with Crippen LogP contribution in [0.25, 0.3) is 0 Å². The Hall–Kier alpha value is -3.44. The van der Waals surface area contributed by atoms with E-state index in [-0.39, 0.29) is 32.9 Å². The highest BCUT2D eigenvalue weighted by Crippen LogP contribution is 2.33. The van der Waals surface area contributed by atoms with E-state index in [1.807, 2.05) is 0 Å². The molecule has 3 aromatic rings. The lowest BCUT2D eigenvalue weighted by molar-refractivity contribution is 0.0601. The van der Waals surface area contributed by atoms with E-state index in [2.05, 4.69) is 10.4 Å². The largest absolute Gasteiger partial charge is 0.471 e. The summed E-state index contributed by atoms with van der Waals surface area (Å²) in [4.78, 5) is 36.4. The number of rotatable bonds is 7. The van der Waals surface area contributed by atoms with Crippen LogP contribution in [0.3, 0.4) is 0 Å². The Bertz CT molecular complexity index is 1180. The molecule has 0 unspecified atom stereocenters. The highest BCUT2D eigenvalue weighted by molar-refractivity contribution is 7.18. The van der Waals surface area contributed by atoms with Gasteiger partial charge in [-0.2, -0.15) is 5.10 Å². The zero-order valence-corrected chi connectivity index (χ0v) is 17.8. The molecule has 0 fully saturated rings. The molecule has 162 valence electrons. The number of nitrogens with one attached hydrogen (secondary N) is 1. The second kappa shape index (κ2) is 9.14. The van der Waals surface area contributed by atoms with Crippen LogP contribution in [0.4, 0.5) is 9.39 Å². The summed E-state index contributed by atoms with van der Waals surface area (Å²) in [6.45, 7) is 1.47. The Morgan fingerprint density at radius 3 is 2.71 bits per heavy atom. The Balaban J connectivity index is 1.74. The molecule has 3 rings (SSSR count). The summed E-state index contributed by atoms with van der Waals surface area (Å²) in [6, 6.07) is 5.32. The van der Waals surface area contributed by atoms with Crippen LogP contribution in [0.1, 0.15) is 36.1 Å². The third-order valence-corrected chi connectivity index (χ3v) is 5.63. The fourth-order valence-electron chi connectivity index (χ4n) is 2.61. The standard InChI is InChI=1S/C19H16ClFN4O5S/c1-9-14(19(28)29-2)18(31-15(9)16(22)26)23-17(27)13-5-6-25(24-13)8-30-10-3-4-12(21)11(20)7-10/h3-7H,8H2,1-2H3,(H2,22,26)(H,23,27). The van der Waals surface area contributed by atoms with E-state index in [0.29, 0.717) is 11.3 Å². The molecule has 1 aromatic carbocycles. The first kappa shape index (κ1) is 22.2. The zero-order valence-electron chi connectivity index (χ0n) is 16.3. The van der Waals surface area contributed by atoms with E-state index >= 15 is 0 Å². The van der Waals surface area contributed by atoms with Crippen molar-refractivity contribution in [3.05, 3.63) is 63.0 Å². The lowest BCUT2D eigenvalue weighted by Crippen LogP contribution is -2.16. The summed E-state index contributed by atoms with van der Waals surface area (Å²) in [7, 11) is 1.19. The molecule has 0 aliphatic carbocycles. The Kier molecular flexibility index (Phi) is 6.56. The van der Waals surface area contributed by atoms with Gasteiger partial charge < -0.3 is 20.5 Å². The van der Waals surface area contributed by atoms with E-state index in [9.17, 15) is 18.8 Å². The highest BCUT2D eigenvalue weighted by atomic mass is 35.5. The smallest absolute Gasteiger partial charge is 0.341 e. The minimum absolute atomic E-state index is 0.0308. The van der Waals surface area contributed by atoms with Crippen molar-refractivity contribution in [3.8, 4) is 5.75 Å². The second-order valence-electron chi connectivity index (χ2n) is 6.16. The SMILES string of the molecule is COC(=O)c1c(NC(=O)c2ccn(COc3ccc(F)c(Cl)c3)n2)sc(C(N)=O)c1C. The minimum atomic E-state index is -0.726. The topological polar surface area (TPSA) is 126 Å². The number of methoxy groups -OCH3 is 1. The number of hydrogen-bond acceptors (Lipinski definition) is 7. The number of amides is 2. The van der Waals surface area contributed by atoms with Crippen molar-refractivity contribution in [1.82, 2.24) is 9.78 Å². The molecule has 0 aliphatic heterocycles. The Morgan fingerprint density at radius 2 is 2.06 bits per heavy atom. The van der Waals surface area contributed by atoms with E-state index in [1.54, 1.807) is 0 Å². The van der Waals surface area contributed by atoms with Gasteiger partial charge in [0.05, 0.1) is 22.6 Å². The number of carbonyl (C=O) groups is 3. The summed E-state index contributed by atoms with van der Waals surface area (Å²) in [5, 5.41) is 6.68. The summed E-state index contributed by atoms with van der Waals surface area (Å²) in [5.41, 5.74) is 5.72. The van der Waals surface area contributed by atoms with Gasteiger partial charge in [0, 0.05) is 12.3 Å². The average molecular weight is 467 g/mol. The maximum absolute atomic E-state index is 13.2. The molecule has 2 aromatic heterocycles. The molecule has 0 saturated carbocycles. The average Bonchev–Trinajstić information content (AvgIpc) is 3.33. The first-order valence-electron chi connectivity index (χ1n) is 8.65. The molecule has 12 heteroatoms. The number of primary amides is 1. The van der Waals surface area contributed by atoms with Crippen LogP contribution < -0.4 is 15.8 Å². The van der Waals surface area contributed by atoms with Gasteiger partial charge in [-0.3, -0.25) is 9.59 Å².